The minimum absolute atomic E-state index is 1.25. The molecule has 1 aliphatic carbocycles. The van der Waals surface area contributed by atoms with Crippen LogP contribution in [0, 0.1) is 6.42 Å². The summed E-state index contributed by atoms with van der Waals surface area (Å²) in [6.07, 6.45) is 22.0. The monoisotopic (exact) mass is 194 g/mol. The third-order valence-electron chi connectivity index (χ3n) is 3.21. The predicted molar refractivity (Wildman–Crippen MR) is 63.3 cm³/mol. The molecule has 14 heavy (non-hydrogen) atoms. The van der Waals surface area contributed by atoms with Crippen LogP contribution < -0.4 is 0 Å². The zero-order valence-electron chi connectivity index (χ0n) is 9.69. The molecule has 0 saturated heterocycles. The number of hydrogen-bond acceptors (Lipinski definition) is 0. The van der Waals surface area contributed by atoms with Gasteiger partial charge in [-0.25, -0.2) is 0 Å². The van der Waals surface area contributed by atoms with Crippen molar-refractivity contribution >= 4 is 0 Å². The average Bonchev–Trinajstić information content (AvgIpc) is 2.22. The van der Waals surface area contributed by atoms with Gasteiger partial charge in [-0.1, -0.05) is 70.6 Å². The molecule has 0 heterocycles. The van der Waals surface area contributed by atoms with Crippen LogP contribution in [0.1, 0.15) is 83.5 Å². The molecule has 82 valence electrons. The maximum atomic E-state index is 3.54. The lowest BCUT2D eigenvalue weighted by atomic mass is 10.0. The molecule has 0 aromatic carbocycles. The highest BCUT2D eigenvalue weighted by atomic mass is 14.0. The first kappa shape index (κ1) is 12.1. The van der Waals surface area contributed by atoms with Gasteiger partial charge in [0.2, 0.25) is 0 Å². The van der Waals surface area contributed by atoms with Crippen molar-refractivity contribution in [2.75, 3.05) is 0 Å². The van der Waals surface area contributed by atoms with Gasteiger partial charge < -0.3 is 0 Å². The van der Waals surface area contributed by atoms with E-state index in [9.17, 15) is 0 Å². The van der Waals surface area contributed by atoms with Crippen molar-refractivity contribution < 1.29 is 0 Å². The molecule has 0 N–H and O–H groups in total. The Morgan fingerprint density at radius 2 is 0.643 bits per heavy atom. The molecule has 1 aliphatic rings. The molecule has 1 rings (SSSR count). The maximum absolute atomic E-state index is 3.54. The van der Waals surface area contributed by atoms with Crippen LogP contribution in [0.25, 0.3) is 0 Å². The van der Waals surface area contributed by atoms with Crippen molar-refractivity contribution in [1.82, 2.24) is 0 Å². The Bertz CT molecular complexity index is 53.3. The van der Waals surface area contributed by atoms with Gasteiger partial charge in [0.25, 0.3) is 0 Å². The van der Waals surface area contributed by atoms with E-state index in [1.807, 2.05) is 0 Å². The topological polar surface area (TPSA) is 0 Å². The summed E-state index contributed by atoms with van der Waals surface area (Å²) in [5.74, 6) is 0. The van der Waals surface area contributed by atoms with E-state index in [0.717, 1.165) is 0 Å². The Hall–Kier alpha value is 0. The normalized spacial score (nSPS) is 24.0. The Morgan fingerprint density at radius 1 is 0.357 bits per heavy atom. The first-order chi connectivity index (χ1) is 7.00. The number of rotatable bonds is 0. The summed E-state index contributed by atoms with van der Waals surface area (Å²) >= 11 is 0. The molecule has 0 spiro atoms. The fourth-order valence-corrected chi connectivity index (χ4v) is 2.22. The molecular formula is C14H26. The molecule has 2 radical (unpaired) electrons. The lowest BCUT2D eigenvalue weighted by molar-refractivity contribution is 0.531. The van der Waals surface area contributed by atoms with Gasteiger partial charge in [0.15, 0.2) is 0 Å². The van der Waals surface area contributed by atoms with Crippen LogP contribution in [0.15, 0.2) is 0 Å². The third-order valence-corrected chi connectivity index (χ3v) is 3.21. The summed E-state index contributed by atoms with van der Waals surface area (Å²) < 4.78 is 0. The van der Waals surface area contributed by atoms with Crippen molar-refractivity contribution in [3.05, 3.63) is 6.42 Å². The second-order valence-electron chi connectivity index (χ2n) is 4.64. The van der Waals surface area contributed by atoms with E-state index in [1.165, 1.54) is 83.5 Å². The SMILES string of the molecule is [C]1CCCCCCCCCCCCC1. The van der Waals surface area contributed by atoms with Gasteiger partial charge >= 0.3 is 0 Å². The van der Waals surface area contributed by atoms with Crippen molar-refractivity contribution in [1.29, 1.82) is 0 Å². The predicted octanol–water partition coefficient (Wildman–Crippen LogP) is 5.15. The van der Waals surface area contributed by atoms with Crippen LogP contribution in [-0.2, 0) is 0 Å². The van der Waals surface area contributed by atoms with Crippen molar-refractivity contribution in [2.45, 2.75) is 83.5 Å². The highest BCUT2D eigenvalue weighted by molar-refractivity contribution is 4.65. The van der Waals surface area contributed by atoms with Gasteiger partial charge in [-0.2, -0.15) is 0 Å². The maximum Gasteiger partial charge on any atom is -0.0173 e. The first-order valence-corrected chi connectivity index (χ1v) is 6.71. The second-order valence-corrected chi connectivity index (χ2v) is 4.64. The van der Waals surface area contributed by atoms with E-state index in [1.54, 1.807) is 0 Å². The Morgan fingerprint density at radius 3 is 1.00 bits per heavy atom. The molecule has 0 aromatic heterocycles. The molecule has 0 unspecified atom stereocenters. The van der Waals surface area contributed by atoms with E-state index in [-0.39, 0.29) is 0 Å². The summed E-state index contributed by atoms with van der Waals surface area (Å²) in [7, 11) is 0. The molecule has 1 saturated carbocycles. The zero-order valence-corrected chi connectivity index (χ0v) is 9.69. The van der Waals surface area contributed by atoms with Gasteiger partial charge in [0, 0.05) is 0 Å². The second kappa shape index (κ2) is 9.55. The van der Waals surface area contributed by atoms with Gasteiger partial charge in [-0.3, -0.25) is 0 Å². The summed E-state index contributed by atoms with van der Waals surface area (Å²) in [4.78, 5) is 0. The molecule has 1 fully saturated rings. The van der Waals surface area contributed by atoms with E-state index < -0.39 is 0 Å². The van der Waals surface area contributed by atoms with Crippen LogP contribution >= 0.6 is 0 Å². The summed E-state index contributed by atoms with van der Waals surface area (Å²) in [5, 5.41) is 0. The molecule has 0 aromatic rings. The fraction of sp³-hybridized carbons (Fsp3) is 0.929. The van der Waals surface area contributed by atoms with Crippen molar-refractivity contribution in [2.24, 2.45) is 0 Å². The van der Waals surface area contributed by atoms with Gasteiger partial charge in [-0.05, 0) is 19.3 Å². The molecule has 0 nitrogen and oxygen atoms in total. The van der Waals surface area contributed by atoms with Crippen molar-refractivity contribution in [3.63, 3.8) is 0 Å². The molecule has 0 bridgehead atoms. The number of hydrogen-bond donors (Lipinski definition) is 0. The molecule has 0 aliphatic heterocycles. The molecule has 0 amide bonds. The van der Waals surface area contributed by atoms with E-state index >= 15 is 0 Å². The minimum Gasteiger partial charge on any atom is -0.0533 e. The fourth-order valence-electron chi connectivity index (χ4n) is 2.22. The minimum atomic E-state index is 1.25. The van der Waals surface area contributed by atoms with Crippen molar-refractivity contribution in [3.8, 4) is 0 Å². The first-order valence-electron chi connectivity index (χ1n) is 6.71. The van der Waals surface area contributed by atoms with Gasteiger partial charge in [0.1, 0.15) is 0 Å². The van der Waals surface area contributed by atoms with E-state index in [0.29, 0.717) is 0 Å². The smallest absolute Gasteiger partial charge is 0.0173 e. The van der Waals surface area contributed by atoms with Crippen LogP contribution in [0.3, 0.4) is 0 Å². The highest BCUT2D eigenvalue weighted by Crippen LogP contribution is 2.15. The molecular weight excluding hydrogens is 168 g/mol. The molecule has 0 heteroatoms. The average molecular weight is 194 g/mol. The Labute approximate surface area is 90.5 Å². The standard InChI is InChI=1S/C14H26/c1-2-4-6-8-10-12-14-13-11-9-7-5-3-1/h1-13H2. The lowest BCUT2D eigenvalue weighted by Gasteiger charge is -2.05. The Balaban J connectivity index is 2.00. The highest BCUT2D eigenvalue weighted by Gasteiger charge is 1.96. The van der Waals surface area contributed by atoms with Crippen LogP contribution in [0.2, 0.25) is 0 Å². The zero-order chi connectivity index (χ0) is 9.90. The summed E-state index contributed by atoms with van der Waals surface area (Å²) in [6, 6.07) is 0. The quantitative estimate of drug-likeness (QED) is 0.500. The lowest BCUT2D eigenvalue weighted by Crippen LogP contribution is -1.86. The Kier molecular flexibility index (Phi) is 8.24. The van der Waals surface area contributed by atoms with Crippen LogP contribution in [-0.4, -0.2) is 0 Å². The molecule has 0 atom stereocenters. The van der Waals surface area contributed by atoms with Gasteiger partial charge in [0.05, 0.1) is 0 Å². The van der Waals surface area contributed by atoms with Crippen LogP contribution in [0.4, 0.5) is 0 Å². The summed E-state index contributed by atoms with van der Waals surface area (Å²) in [5.41, 5.74) is 0. The van der Waals surface area contributed by atoms with E-state index in [2.05, 4.69) is 6.42 Å². The van der Waals surface area contributed by atoms with Crippen LogP contribution in [0.5, 0.6) is 0 Å². The van der Waals surface area contributed by atoms with E-state index in [4.69, 9.17) is 0 Å². The third kappa shape index (κ3) is 7.41. The summed E-state index contributed by atoms with van der Waals surface area (Å²) in [6.45, 7) is 0. The largest absolute Gasteiger partial charge is 0.0533 e. The van der Waals surface area contributed by atoms with Gasteiger partial charge in [-0.15, -0.1) is 0 Å².